The van der Waals surface area contributed by atoms with Crippen LogP contribution in [0.3, 0.4) is 0 Å². The Hall–Kier alpha value is -1.97. The van der Waals surface area contributed by atoms with Crippen LogP contribution < -0.4 is 4.72 Å². The molecule has 1 aromatic rings. The third kappa shape index (κ3) is 4.02. The van der Waals surface area contributed by atoms with Crippen LogP contribution in [0.2, 0.25) is 0 Å². The highest BCUT2D eigenvalue weighted by molar-refractivity contribution is 7.89. The Labute approximate surface area is 115 Å². The van der Waals surface area contributed by atoms with E-state index in [1.807, 2.05) is 4.72 Å². The van der Waals surface area contributed by atoms with Crippen molar-refractivity contribution in [1.29, 1.82) is 0 Å². The summed E-state index contributed by atoms with van der Waals surface area (Å²) >= 11 is 0. The van der Waals surface area contributed by atoms with E-state index in [0.717, 1.165) is 0 Å². The Bertz CT molecular complexity index is 594. The summed E-state index contributed by atoms with van der Waals surface area (Å²) in [5.74, 6) is -2.14. The van der Waals surface area contributed by atoms with E-state index >= 15 is 0 Å². The Morgan fingerprint density at radius 2 is 1.85 bits per heavy atom. The second-order valence-corrected chi connectivity index (χ2v) is 5.49. The average molecular weight is 303 g/mol. The van der Waals surface area contributed by atoms with Crippen molar-refractivity contribution in [2.24, 2.45) is 0 Å². The van der Waals surface area contributed by atoms with E-state index in [4.69, 9.17) is 10.2 Å². The predicted octanol–water partition coefficient (Wildman–Crippen LogP) is -0.803. The normalized spacial score (nSPS) is 12.7. The molecule has 0 aliphatic heterocycles. The molecule has 0 heterocycles. The van der Waals surface area contributed by atoms with Gasteiger partial charge in [0.1, 0.15) is 0 Å². The molecule has 0 spiro atoms. The van der Waals surface area contributed by atoms with Gasteiger partial charge in [-0.15, -0.1) is 0 Å². The van der Waals surface area contributed by atoms with E-state index in [-0.39, 0.29) is 10.5 Å². The van der Waals surface area contributed by atoms with Crippen LogP contribution in [-0.2, 0) is 19.6 Å². The largest absolute Gasteiger partial charge is 0.479 e. The summed E-state index contributed by atoms with van der Waals surface area (Å²) < 4.78 is 30.0. The summed E-state index contributed by atoms with van der Waals surface area (Å²) in [7, 11) is -2.77. The van der Waals surface area contributed by atoms with E-state index in [1.54, 1.807) is 0 Å². The molecule has 0 amide bonds. The Balaban J connectivity index is 2.83. The van der Waals surface area contributed by atoms with Crippen molar-refractivity contribution >= 4 is 22.0 Å². The fraction of sp³-hybridized carbons (Fsp3) is 0.273. The molecule has 0 aliphatic rings. The molecule has 1 atom stereocenters. The second-order valence-electron chi connectivity index (χ2n) is 3.72. The molecule has 0 aliphatic carbocycles. The van der Waals surface area contributed by atoms with Gasteiger partial charge in [-0.3, -0.25) is 0 Å². The minimum absolute atomic E-state index is 0.164. The molecule has 0 saturated heterocycles. The van der Waals surface area contributed by atoms with Crippen LogP contribution in [0.1, 0.15) is 10.4 Å². The molecule has 0 saturated carbocycles. The minimum atomic E-state index is -3.96. The van der Waals surface area contributed by atoms with Crippen LogP contribution in [0.4, 0.5) is 0 Å². The summed E-state index contributed by atoms with van der Waals surface area (Å²) in [4.78, 5) is 21.4. The number of sulfonamides is 1. The number of hydrogen-bond acceptors (Lipinski definition) is 6. The predicted molar refractivity (Wildman–Crippen MR) is 66.6 cm³/mol. The summed E-state index contributed by atoms with van der Waals surface area (Å²) in [6, 6.07) is 4.85. The quantitative estimate of drug-likeness (QED) is 0.586. The van der Waals surface area contributed by atoms with Gasteiger partial charge in [0, 0.05) is 6.54 Å². The third-order valence-corrected chi connectivity index (χ3v) is 3.78. The molecule has 3 N–H and O–H groups in total. The molecule has 8 nitrogen and oxygen atoms in total. The number of nitrogens with one attached hydrogen (secondary N) is 1. The lowest BCUT2D eigenvalue weighted by atomic mass is 10.2. The molecule has 1 rings (SSSR count). The van der Waals surface area contributed by atoms with Crippen LogP contribution in [0.25, 0.3) is 0 Å². The standard InChI is InChI=1S/C11H13NO7S/c1-19-11(16)7-2-4-8(5-3-7)20(17,18)12-6-9(13)10(14)15/h2-5,9,12-13H,6H2,1H3,(H,14,15)/t9-/m0/s1. The molecular weight excluding hydrogens is 290 g/mol. The zero-order valence-corrected chi connectivity index (χ0v) is 11.3. The minimum Gasteiger partial charge on any atom is -0.479 e. The van der Waals surface area contributed by atoms with Crippen LogP contribution in [-0.4, -0.2) is 50.3 Å². The first-order valence-electron chi connectivity index (χ1n) is 5.37. The number of ether oxygens (including phenoxy) is 1. The molecule has 0 radical (unpaired) electrons. The highest BCUT2D eigenvalue weighted by Crippen LogP contribution is 2.11. The Morgan fingerprint density at radius 3 is 2.30 bits per heavy atom. The maximum atomic E-state index is 11.8. The van der Waals surface area contributed by atoms with Crippen LogP contribution in [0, 0.1) is 0 Å². The lowest BCUT2D eigenvalue weighted by molar-refractivity contribution is -0.146. The molecule has 9 heteroatoms. The number of carboxylic acid groups (broad SMARTS) is 1. The SMILES string of the molecule is COC(=O)c1ccc(S(=O)(=O)NC[C@H](O)C(=O)O)cc1. The third-order valence-electron chi connectivity index (χ3n) is 2.34. The van der Waals surface area contributed by atoms with Gasteiger partial charge >= 0.3 is 11.9 Å². The number of hydrogen-bond donors (Lipinski definition) is 3. The molecular formula is C11H13NO7S. The van der Waals surface area contributed by atoms with Gasteiger partial charge in [0.05, 0.1) is 17.6 Å². The van der Waals surface area contributed by atoms with Gasteiger partial charge in [-0.1, -0.05) is 0 Å². The summed E-state index contributed by atoms with van der Waals surface area (Å²) in [6.07, 6.45) is -1.83. The van der Waals surface area contributed by atoms with E-state index < -0.39 is 34.6 Å². The monoisotopic (exact) mass is 303 g/mol. The van der Waals surface area contributed by atoms with Crippen molar-refractivity contribution in [3.63, 3.8) is 0 Å². The smallest absolute Gasteiger partial charge is 0.337 e. The van der Waals surface area contributed by atoms with Crippen molar-refractivity contribution in [2.45, 2.75) is 11.0 Å². The lowest BCUT2D eigenvalue weighted by Crippen LogP contribution is -2.36. The first-order valence-corrected chi connectivity index (χ1v) is 6.85. The van der Waals surface area contributed by atoms with Gasteiger partial charge in [0.25, 0.3) is 0 Å². The number of aliphatic carboxylic acids is 1. The van der Waals surface area contributed by atoms with Gasteiger partial charge < -0.3 is 14.9 Å². The number of aliphatic hydroxyl groups excluding tert-OH is 1. The molecule has 20 heavy (non-hydrogen) atoms. The topological polar surface area (TPSA) is 130 Å². The fourth-order valence-electron chi connectivity index (χ4n) is 1.25. The van der Waals surface area contributed by atoms with E-state index in [2.05, 4.69) is 4.74 Å². The zero-order chi connectivity index (χ0) is 15.3. The van der Waals surface area contributed by atoms with Crippen LogP contribution in [0.15, 0.2) is 29.2 Å². The number of carboxylic acids is 1. The highest BCUT2D eigenvalue weighted by atomic mass is 32.2. The highest BCUT2D eigenvalue weighted by Gasteiger charge is 2.19. The Kier molecular flexibility index (Phi) is 5.19. The Morgan fingerprint density at radius 1 is 1.30 bits per heavy atom. The first-order chi connectivity index (χ1) is 9.27. The molecule has 0 bridgehead atoms. The lowest BCUT2D eigenvalue weighted by Gasteiger charge is -2.09. The number of esters is 1. The number of aliphatic hydroxyl groups is 1. The van der Waals surface area contributed by atoms with Crippen molar-refractivity contribution in [1.82, 2.24) is 4.72 Å². The van der Waals surface area contributed by atoms with Crippen molar-refractivity contribution in [2.75, 3.05) is 13.7 Å². The van der Waals surface area contributed by atoms with Crippen molar-refractivity contribution < 1.29 is 33.0 Å². The summed E-state index contributed by atoms with van der Waals surface area (Å²) in [6.45, 7) is -0.656. The van der Waals surface area contributed by atoms with Gasteiger partial charge in [0.15, 0.2) is 6.10 Å². The number of rotatable bonds is 6. The second kappa shape index (κ2) is 6.46. The van der Waals surface area contributed by atoms with Gasteiger partial charge in [0.2, 0.25) is 10.0 Å². The average Bonchev–Trinajstić information content (AvgIpc) is 2.44. The molecule has 110 valence electrons. The van der Waals surface area contributed by atoms with Gasteiger partial charge in [-0.05, 0) is 24.3 Å². The van der Waals surface area contributed by atoms with Gasteiger partial charge in [-0.2, -0.15) is 0 Å². The maximum absolute atomic E-state index is 11.8. The molecule has 0 aromatic heterocycles. The maximum Gasteiger partial charge on any atom is 0.337 e. The summed E-state index contributed by atoms with van der Waals surface area (Å²) in [5.41, 5.74) is 0.178. The van der Waals surface area contributed by atoms with Gasteiger partial charge in [-0.25, -0.2) is 22.7 Å². The van der Waals surface area contributed by atoms with E-state index in [0.29, 0.717) is 0 Å². The van der Waals surface area contributed by atoms with Crippen LogP contribution >= 0.6 is 0 Å². The zero-order valence-electron chi connectivity index (χ0n) is 10.4. The van der Waals surface area contributed by atoms with Crippen LogP contribution in [0.5, 0.6) is 0 Å². The number of benzene rings is 1. The molecule has 0 fully saturated rings. The van der Waals surface area contributed by atoms with E-state index in [1.165, 1.54) is 31.4 Å². The van der Waals surface area contributed by atoms with Crippen molar-refractivity contribution in [3.8, 4) is 0 Å². The fourth-order valence-corrected chi connectivity index (χ4v) is 2.29. The van der Waals surface area contributed by atoms with E-state index in [9.17, 15) is 18.0 Å². The summed E-state index contributed by atoms with van der Waals surface area (Å²) in [5, 5.41) is 17.4. The molecule has 1 aromatic carbocycles. The number of carbonyl (C=O) groups excluding carboxylic acids is 1. The number of methoxy groups -OCH3 is 1. The first kappa shape index (κ1) is 16.1. The number of carbonyl (C=O) groups is 2. The molecule has 0 unspecified atom stereocenters. The van der Waals surface area contributed by atoms with Crippen molar-refractivity contribution in [3.05, 3.63) is 29.8 Å².